The van der Waals surface area contributed by atoms with E-state index in [0.717, 1.165) is 24.7 Å². The Bertz CT molecular complexity index is 437. The molecule has 0 saturated carbocycles. The summed E-state index contributed by atoms with van der Waals surface area (Å²) in [5.41, 5.74) is 0.0445. The molecule has 1 aromatic carbocycles. The Morgan fingerprint density at radius 1 is 1.33 bits per heavy atom. The van der Waals surface area contributed by atoms with E-state index in [0.29, 0.717) is 18.5 Å². The second-order valence-corrected chi connectivity index (χ2v) is 6.43. The third kappa shape index (κ3) is 6.28. The molecule has 1 aromatic rings. The second-order valence-electron chi connectivity index (χ2n) is 4.95. The fourth-order valence-corrected chi connectivity index (χ4v) is 2.98. The number of benzene rings is 1. The number of hydrogen-bond donors (Lipinski definition) is 2. The Labute approximate surface area is 128 Å². The van der Waals surface area contributed by atoms with Crippen molar-refractivity contribution in [3.05, 3.63) is 29.3 Å². The molecule has 2 nitrogen and oxygen atoms in total. The summed E-state index contributed by atoms with van der Waals surface area (Å²) in [5, 5.41) is 11.9. The van der Waals surface area contributed by atoms with Gasteiger partial charge >= 0.3 is 6.18 Å². The molecular formula is C15H22F3NOS. The predicted octanol–water partition coefficient (Wildman–Crippen LogP) is 4.07. The topological polar surface area (TPSA) is 32.3 Å². The van der Waals surface area contributed by atoms with Crippen LogP contribution >= 0.6 is 11.8 Å². The summed E-state index contributed by atoms with van der Waals surface area (Å²) >= 11 is 1.16. The van der Waals surface area contributed by atoms with Crippen molar-refractivity contribution in [1.29, 1.82) is 0 Å². The van der Waals surface area contributed by atoms with Crippen LogP contribution in [0, 0.1) is 0 Å². The van der Waals surface area contributed by atoms with Crippen LogP contribution < -0.4 is 5.32 Å². The van der Waals surface area contributed by atoms with Gasteiger partial charge in [0.1, 0.15) is 0 Å². The van der Waals surface area contributed by atoms with Crippen molar-refractivity contribution in [2.45, 2.75) is 49.6 Å². The van der Waals surface area contributed by atoms with Gasteiger partial charge in [-0.3, -0.25) is 0 Å². The van der Waals surface area contributed by atoms with Gasteiger partial charge in [0.15, 0.2) is 0 Å². The van der Waals surface area contributed by atoms with Crippen LogP contribution in [0.3, 0.4) is 0 Å². The summed E-state index contributed by atoms with van der Waals surface area (Å²) in [6, 6.07) is 4.48. The minimum absolute atomic E-state index is 0.0193. The lowest BCUT2D eigenvalue weighted by Gasteiger charge is -2.17. The Kier molecular flexibility index (Phi) is 7.56. The third-order valence-corrected chi connectivity index (χ3v) is 4.22. The zero-order valence-electron chi connectivity index (χ0n) is 12.3. The molecule has 0 heterocycles. The lowest BCUT2D eigenvalue weighted by atomic mass is 10.1. The molecule has 1 atom stereocenters. The normalized spacial score (nSPS) is 13.4. The van der Waals surface area contributed by atoms with Crippen LogP contribution in [0.5, 0.6) is 0 Å². The van der Waals surface area contributed by atoms with Crippen LogP contribution in [0.4, 0.5) is 13.2 Å². The number of alkyl halides is 3. The maximum atomic E-state index is 13.2. The first kappa shape index (κ1) is 18.3. The van der Waals surface area contributed by atoms with Crippen molar-refractivity contribution in [3.8, 4) is 0 Å². The summed E-state index contributed by atoms with van der Waals surface area (Å²) in [6.45, 7) is 5.03. The van der Waals surface area contributed by atoms with Crippen molar-refractivity contribution in [2.24, 2.45) is 0 Å². The highest BCUT2D eigenvalue weighted by molar-refractivity contribution is 8.00. The van der Waals surface area contributed by atoms with E-state index in [4.69, 9.17) is 5.11 Å². The molecule has 2 N–H and O–H groups in total. The Morgan fingerprint density at radius 3 is 2.62 bits per heavy atom. The van der Waals surface area contributed by atoms with Gasteiger partial charge < -0.3 is 10.4 Å². The van der Waals surface area contributed by atoms with Gasteiger partial charge in [0.25, 0.3) is 0 Å². The average molecular weight is 321 g/mol. The average Bonchev–Trinajstić information content (AvgIpc) is 2.39. The van der Waals surface area contributed by atoms with Crippen molar-refractivity contribution >= 4 is 11.8 Å². The molecule has 0 fully saturated rings. The molecule has 0 aromatic heterocycles. The molecule has 120 valence electrons. The van der Waals surface area contributed by atoms with Gasteiger partial charge in [-0.1, -0.05) is 19.9 Å². The van der Waals surface area contributed by atoms with Crippen molar-refractivity contribution in [2.75, 3.05) is 13.2 Å². The van der Waals surface area contributed by atoms with E-state index in [1.165, 1.54) is 12.1 Å². The maximum Gasteiger partial charge on any atom is 0.417 e. The Morgan fingerprint density at radius 2 is 2.05 bits per heavy atom. The third-order valence-electron chi connectivity index (χ3n) is 2.97. The van der Waals surface area contributed by atoms with Crippen LogP contribution in [0.25, 0.3) is 0 Å². The molecule has 0 saturated heterocycles. The molecule has 0 aliphatic heterocycles. The number of nitrogens with one attached hydrogen (secondary N) is 1. The summed E-state index contributed by atoms with van der Waals surface area (Å²) in [6.07, 6.45) is -2.94. The number of aliphatic hydroxyl groups excluding tert-OH is 1. The largest absolute Gasteiger partial charge is 0.417 e. The molecule has 0 spiro atoms. The van der Waals surface area contributed by atoms with Gasteiger partial charge in [-0.15, -0.1) is 11.8 Å². The summed E-state index contributed by atoms with van der Waals surface area (Å²) < 4.78 is 39.5. The minimum Gasteiger partial charge on any atom is -0.396 e. The standard InChI is InChI=1S/C15H22F3NOS/c1-3-7-19-10-12-4-5-14(21-11(2)6-8-20)13(9-12)15(16,17)18/h4-5,9,11,19-20H,3,6-8,10H2,1-2H3. The number of rotatable bonds is 8. The molecule has 1 unspecified atom stereocenters. The SMILES string of the molecule is CCCNCc1ccc(SC(C)CCO)c(C(F)(F)F)c1. The zero-order chi connectivity index (χ0) is 15.9. The first-order valence-corrected chi connectivity index (χ1v) is 7.94. The van der Waals surface area contributed by atoms with Gasteiger partial charge in [0, 0.05) is 23.3 Å². The van der Waals surface area contributed by atoms with Crippen molar-refractivity contribution < 1.29 is 18.3 Å². The van der Waals surface area contributed by atoms with Crippen LogP contribution in [0.2, 0.25) is 0 Å². The van der Waals surface area contributed by atoms with Gasteiger partial charge in [-0.25, -0.2) is 0 Å². The van der Waals surface area contributed by atoms with Crippen molar-refractivity contribution in [3.63, 3.8) is 0 Å². The summed E-state index contributed by atoms with van der Waals surface area (Å²) in [7, 11) is 0. The zero-order valence-corrected chi connectivity index (χ0v) is 13.2. The molecule has 0 bridgehead atoms. The predicted molar refractivity (Wildman–Crippen MR) is 80.5 cm³/mol. The van der Waals surface area contributed by atoms with E-state index in [1.54, 1.807) is 6.07 Å². The van der Waals surface area contributed by atoms with E-state index in [1.807, 2.05) is 13.8 Å². The van der Waals surface area contributed by atoms with Gasteiger partial charge in [0.2, 0.25) is 0 Å². The molecule has 0 aliphatic rings. The van der Waals surface area contributed by atoms with Crippen LogP contribution in [0.1, 0.15) is 37.8 Å². The van der Waals surface area contributed by atoms with E-state index in [2.05, 4.69) is 5.32 Å². The van der Waals surface area contributed by atoms with Crippen LogP contribution in [-0.2, 0) is 12.7 Å². The smallest absolute Gasteiger partial charge is 0.396 e. The first-order valence-electron chi connectivity index (χ1n) is 7.06. The highest BCUT2D eigenvalue weighted by atomic mass is 32.2. The highest BCUT2D eigenvalue weighted by Gasteiger charge is 2.34. The quantitative estimate of drug-likeness (QED) is 0.559. The molecule has 0 amide bonds. The minimum atomic E-state index is -4.36. The number of hydrogen-bond acceptors (Lipinski definition) is 3. The Balaban J connectivity index is 2.92. The van der Waals surface area contributed by atoms with E-state index in [-0.39, 0.29) is 16.8 Å². The maximum absolute atomic E-state index is 13.2. The summed E-state index contributed by atoms with van der Waals surface area (Å²) in [5.74, 6) is 0. The molecule has 21 heavy (non-hydrogen) atoms. The van der Waals surface area contributed by atoms with Crippen LogP contribution in [0.15, 0.2) is 23.1 Å². The monoisotopic (exact) mass is 321 g/mol. The second kappa shape index (κ2) is 8.66. The van der Waals surface area contributed by atoms with E-state index >= 15 is 0 Å². The number of thioether (sulfide) groups is 1. The lowest BCUT2D eigenvalue weighted by Crippen LogP contribution is -2.15. The molecule has 0 radical (unpaired) electrons. The van der Waals surface area contributed by atoms with Crippen LogP contribution in [-0.4, -0.2) is 23.5 Å². The van der Waals surface area contributed by atoms with E-state index < -0.39 is 11.7 Å². The molecule has 6 heteroatoms. The van der Waals surface area contributed by atoms with E-state index in [9.17, 15) is 13.2 Å². The highest BCUT2D eigenvalue weighted by Crippen LogP contribution is 2.39. The number of aliphatic hydroxyl groups is 1. The molecule has 1 rings (SSSR count). The number of halogens is 3. The summed E-state index contributed by atoms with van der Waals surface area (Å²) in [4.78, 5) is 0.225. The lowest BCUT2D eigenvalue weighted by molar-refractivity contribution is -0.139. The van der Waals surface area contributed by atoms with Gasteiger partial charge in [0.05, 0.1) is 5.56 Å². The Hall–Kier alpha value is -0.720. The van der Waals surface area contributed by atoms with Gasteiger partial charge in [-0.2, -0.15) is 13.2 Å². The first-order chi connectivity index (χ1) is 9.88. The fourth-order valence-electron chi connectivity index (χ4n) is 1.88. The molecular weight excluding hydrogens is 299 g/mol. The molecule has 0 aliphatic carbocycles. The van der Waals surface area contributed by atoms with Gasteiger partial charge in [-0.05, 0) is 37.1 Å². The fraction of sp³-hybridized carbons (Fsp3) is 0.600. The van der Waals surface area contributed by atoms with Crippen molar-refractivity contribution in [1.82, 2.24) is 5.32 Å².